The molecule has 1 N–H and O–H groups in total. The maximum absolute atomic E-state index is 15.4. The largest absolute Gasteiger partial charge is 0.444 e. The monoisotopic (exact) mass is 571 g/mol. The van der Waals surface area contributed by atoms with Crippen molar-refractivity contribution in [3.63, 3.8) is 0 Å². The fourth-order valence-electron chi connectivity index (χ4n) is 6.15. The summed E-state index contributed by atoms with van der Waals surface area (Å²) in [6, 6.07) is 8.03. The molecule has 0 bridgehead atoms. The third-order valence-electron chi connectivity index (χ3n) is 8.27. The lowest BCUT2D eigenvalue weighted by Gasteiger charge is -2.39. The molecule has 1 aromatic heterocycles. The number of carbonyl (C=O) groups excluding carboxylic acids is 2. The number of alkyl carbamates (subject to hydrolysis) is 1. The highest BCUT2D eigenvalue weighted by Gasteiger charge is 2.32. The molecule has 3 aliphatic heterocycles. The van der Waals surface area contributed by atoms with Crippen molar-refractivity contribution in [3.05, 3.63) is 46.1 Å². The van der Waals surface area contributed by atoms with E-state index in [0.29, 0.717) is 30.4 Å². The minimum atomic E-state index is -0.567. The Morgan fingerprint density at radius 3 is 2.45 bits per heavy atom. The van der Waals surface area contributed by atoms with E-state index in [2.05, 4.69) is 10.2 Å². The van der Waals surface area contributed by atoms with Crippen LogP contribution < -0.4 is 5.32 Å². The van der Waals surface area contributed by atoms with Crippen molar-refractivity contribution in [3.8, 4) is 10.4 Å². The molecule has 1 atom stereocenters. The van der Waals surface area contributed by atoms with Gasteiger partial charge in [0, 0.05) is 37.2 Å². The van der Waals surface area contributed by atoms with Crippen LogP contribution in [0, 0.1) is 12.7 Å². The summed E-state index contributed by atoms with van der Waals surface area (Å²) in [6.45, 7) is 12.1. The number of ether oxygens (including phenoxy) is 2. The highest BCUT2D eigenvalue weighted by Crippen LogP contribution is 2.37. The van der Waals surface area contributed by atoms with Crippen LogP contribution in [0.5, 0.6) is 0 Å². The van der Waals surface area contributed by atoms with Crippen molar-refractivity contribution < 1.29 is 23.5 Å². The molecule has 0 unspecified atom stereocenters. The number of nitrogens with one attached hydrogen (secondary N) is 1. The van der Waals surface area contributed by atoms with Crippen molar-refractivity contribution in [1.29, 1.82) is 0 Å². The Bertz CT molecular complexity index is 1210. The molecule has 0 saturated carbocycles. The molecule has 3 saturated heterocycles. The second kappa shape index (κ2) is 12.2. The summed E-state index contributed by atoms with van der Waals surface area (Å²) in [5.41, 5.74) is 1.93. The van der Waals surface area contributed by atoms with Crippen molar-refractivity contribution in [2.24, 2.45) is 0 Å². The molecule has 1 aromatic carbocycles. The Labute approximate surface area is 241 Å². The molecular weight excluding hydrogens is 529 g/mol. The van der Waals surface area contributed by atoms with Crippen LogP contribution in [0.25, 0.3) is 10.4 Å². The summed E-state index contributed by atoms with van der Waals surface area (Å²) >= 11 is 1.41. The second-order valence-corrected chi connectivity index (χ2v) is 13.4. The summed E-state index contributed by atoms with van der Waals surface area (Å²) in [7, 11) is 0. The van der Waals surface area contributed by atoms with Crippen LogP contribution in [-0.4, -0.2) is 78.9 Å². The van der Waals surface area contributed by atoms with Gasteiger partial charge in [-0.2, -0.15) is 0 Å². The highest BCUT2D eigenvalue weighted by atomic mass is 32.1. The average Bonchev–Trinajstić information content (AvgIpc) is 3.54. The number of aryl methyl sites for hydroxylation is 1. The average molecular weight is 572 g/mol. The van der Waals surface area contributed by atoms with Crippen LogP contribution in [0.2, 0.25) is 0 Å². The third kappa shape index (κ3) is 6.86. The Morgan fingerprint density at radius 2 is 1.77 bits per heavy atom. The molecule has 4 heterocycles. The lowest BCUT2D eigenvalue weighted by atomic mass is 9.87. The van der Waals surface area contributed by atoms with Gasteiger partial charge in [-0.1, -0.05) is 12.1 Å². The number of hydrogen-bond donors (Lipinski definition) is 1. The first-order valence-electron chi connectivity index (χ1n) is 14.6. The number of rotatable bonds is 5. The zero-order valence-electron chi connectivity index (χ0n) is 24.1. The van der Waals surface area contributed by atoms with Gasteiger partial charge in [-0.25, -0.2) is 9.18 Å². The Balaban J connectivity index is 1.19. The summed E-state index contributed by atoms with van der Waals surface area (Å²) in [4.78, 5) is 31.4. The number of carbonyl (C=O) groups is 2. The van der Waals surface area contributed by atoms with E-state index < -0.39 is 11.7 Å². The van der Waals surface area contributed by atoms with E-state index in [1.807, 2.05) is 45.9 Å². The molecular formula is C31H42FN3O4S. The first-order valence-corrected chi connectivity index (χ1v) is 15.4. The van der Waals surface area contributed by atoms with Gasteiger partial charge >= 0.3 is 6.09 Å². The minimum absolute atomic E-state index is 0.0457. The standard InChI is InChI=1S/C31H42FN3O4S/c1-20-17-27(40-28(20)29(36)35-14-9-23(19-35)33-30(37)39-31(2,3)4)22-5-6-25(26(32)18-22)21-7-12-34(13-8-21)24-10-15-38-16-11-24/h5-6,17-18,21,23-24H,7-16,19H2,1-4H3,(H,33,37)/t23-/m0/s1. The van der Waals surface area contributed by atoms with Gasteiger partial charge in [0.2, 0.25) is 0 Å². The van der Waals surface area contributed by atoms with Gasteiger partial charge < -0.3 is 24.6 Å². The van der Waals surface area contributed by atoms with Gasteiger partial charge in [0.15, 0.2) is 0 Å². The lowest BCUT2D eigenvalue weighted by molar-refractivity contribution is 0.0250. The number of amides is 2. The molecule has 2 aromatic rings. The molecule has 0 aliphatic carbocycles. The molecule has 3 fully saturated rings. The minimum Gasteiger partial charge on any atom is -0.444 e. The number of thiophene rings is 1. The van der Waals surface area contributed by atoms with Crippen molar-refractivity contribution >= 4 is 23.3 Å². The van der Waals surface area contributed by atoms with Crippen LogP contribution >= 0.6 is 11.3 Å². The van der Waals surface area contributed by atoms with E-state index in [9.17, 15) is 9.59 Å². The normalized spacial score (nSPS) is 21.5. The molecule has 2 amide bonds. The fraction of sp³-hybridized carbons (Fsp3) is 0.613. The molecule has 5 rings (SSSR count). The highest BCUT2D eigenvalue weighted by molar-refractivity contribution is 7.17. The van der Waals surface area contributed by atoms with E-state index in [4.69, 9.17) is 9.47 Å². The molecule has 7 nitrogen and oxygen atoms in total. The molecule has 3 aliphatic rings. The van der Waals surface area contributed by atoms with Crippen LogP contribution in [0.1, 0.15) is 79.6 Å². The van der Waals surface area contributed by atoms with E-state index >= 15 is 4.39 Å². The van der Waals surface area contributed by atoms with Gasteiger partial charge in [-0.05, 0) is 108 Å². The van der Waals surface area contributed by atoms with E-state index in [1.165, 1.54) is 11.3 Å². The van der Waals surface area contributed by atoms with Crippen molar-refractivity contribution in [2.45, 2.75) is 83.4 Å². The number of nitrogens with zero attached hydrogens (tertiary/aromatic N) is 2. The third-order valence-corrected chi connectivity index (χ3v) is 9.54. The van der Waals surface area contributed by atoms with Crippen LogP contribution in [-0.2, 0) is 9.47 Å². The van der Waals surface area contributed by atoms with Gasteiger partial charge in [-0.3, -0.25) is 4.79 Å². The van der Waals surface area contributed by atoms with Gasteiger partial charge in [0.05, 0.1) is 10.9 Å². The molecule has 9 heteroatoms. The molecule has 218 valence electrons. The number of hydrogen-bond acceptors (Lipinski definition) is 6. The van der Waals surface area contributed by atoms with Crippen LogP contribution in [0.15, 0.2) is 24.3 Å². The van der Waals surface area contributed by atoms with Gasteiger partial charge in [-0.15, -0.1) is 11.3 Å². The Hall–Kier alpha value is -2.49. The van der Waals surface area contributed by atoms with Crippen molar-refractivity contribution in [2.75, 3.05) is 39.4 Å². The summed E-state index contributed by atoms with van der Waals surface area (Å²) < 4.78 is 26.2. The van der Waals surface area contributed by atoms with E-state index in [1.54, 1.807) is 11.0 Å². The zero-order chi connectivity index (χ0) is 28.4. The molecule has 0 radical (unpaired) electrons. The first-order chi connectivity index (χ1) is 19.1. The predicted molar refractivity (Wildman–Crippen MR) is 156 cm³/mol. The predicted octanol–water partition coefficient (Wildman–Crippen LogP) is 5.96. The topological polar surface area (TPSA) is 71.1 Å². The fourth-order valence-corrected chi connectivity index (χ4v) is 7.29. The lowest BCUT2D eigenvalue weighted by Crippen LogP contribution is -2.43. The van der Waals surface area contributed by atoms with E-state index in [-0.39, 0.29) is 23.7 Å². The Kier molecular flexibility index (Phi) is 8.83. The maximum atomic E-state index is 15.4. The quantitative estimate of drug-likeness (QED) is 0.480. The van der Waals surface area contributed by atoms with E-state index in [0.717, 1.165) is 73.6 Å². The maximum Gasteiger partial charge on any atom is 0.407 e. The van der Waals surface area contributed by atoms with Gasteiger partial charge in [0.25, 0.3) is 5.91 Å². The first kappa shape index (κ1) is 29.0. The zero-order valence-corrected chi connectivity index (χ0v) is 24.9. The number of piperidine rings is 1. The van der Waals surface area contributed by atoms with Crippen LogP contribution in [0.4, 0.5) is 9.18 Å². The number of halogens is 1. The second-order valence-electron chi connectivity index (χ2n) is 12.4. The number of likely N-dealkylation sites (tertiary alicyclic amines) is 2. The summed E-state index contributed by atoms with van der Waals surface area (Å²) in [6.07, 6.45) is 4.37. The molecule has 0 spiro atoms. The van der Waals surface area contributed by atoms with Crippen LogP contribution in [0.3, 0.4) is 0 Å². The Morgan fingerprint density at radius 1 is 1.05 bits per heavy atom. The number of benzene rings is 1. The summed E-state index contributed by atoms with van der Waals surface area (Å²) in [5.74, 6) is 0.0388. The smallest absolute Gasteiger partial charge is 0.407 e. The molecule has 40 heavy (non-hydrogen) atoms. The van der Waals surface area contributed by atoms with Crippen molar-refractivity contribution in [1.82, 2.24) is 15.1 Å². The van der Waals surface area contributed by atoms with Gasteiger partial charge in [0.1, 0.15) is 11.4 Å². The summed E-state index contributed by atoms with van der Waals surface area (Å²) in [5, 5.41) is 2.87. The SMILES string of the molecule is Cc1cc(-c2ccc(C3CCN(C4CCOCC4)CC3)c(F)c2)sc1C(=O)N1CC[C@H](NC(=O)OC(C)(C)C)C1.